The van der Waals surface area contributed by atoms with Gasteiger partial charge in [0, 0.05) is 19.4 Å². The molecule has 28 heavy (non-hydrogen) atoms. The molecule has 1 atom stereocenters. The van der Waals surface area contributed by atoms with Gasteiger partial charge >= 0.3 is 12.1 Å². The normalized spacial score (nSPS) is 18.0. The Morgan fingerprint density at radius 2 is 2.00 bits per heavy atom. The highest BCUT2D eigenvalue weighted by Crippen LogP contribution is 2.36. The Morgan fingerprint density at radius 1 is 1.32 bits per heavy atom. The lowest BCUT2D eigenvalue weighted by Gasteiger charge is -2.36. The number of benzene rings is 1. The average molecular weight is 401 g/mol. The number of hydrogen-bond acceptors (Lipinski definition) is 5. The molecule has 154 valence electrons. The number of alkyl halides is 3. The van der Waals surface area contributed by atoms with E-state index < -0.39 is 35.8 Å². The van der Waals surface area contributed by atoms with Gasteiger partial charge in [0.1, 0.15) is 23.5 Å². The van der Waals surface area contributed by atoms with E-state index in [0.717, 1.165) is 12.1 Å². The summed E-state index contributed by atoms with van der Waals surface area (Å²) in [5.74, 6) is 0.406. The van der Waals surface area contributed by atoms with Crippen molar-refractivity contribution >= 4 is 11.9 Å². The van der Waals surface area contributed by atoms with Crippen LogP contribution in [0.1, 0.15) is 44.7 Å². The van der Waals surface area contributed by atoms with Crippen molar-refractivity contribution in [3.05, 3.63) is 35.0 Å². The average Bonchev–Trinajstić information content (AvgIpc) is 2.55. The molecule has 1 fully saturated rings. The zero-order valence-electron chi connectivity index (χ0n) is 15.8. The van der Waals surface area contributed by atoms with Crippen LogP contribution in [0.25, 0.3) is 0 Å². The number of halogens is 3. The van der Waals surface area contributed by atoms with Crippen LogP contribution in [-0.2, 0) is 27.0 Å². The third kappa shape index (κ3) is 6.00. The summed E-state index contributed by atoms with van der Waals surface area (Å²) in [5, 5.41) is 10.2. The van der Waals surface area contributed by atoms with Crippen molar-refractivity contribution in [1.29, 1.82) is 0 Å². The summed E-state index contributed by atoms with van der Waals surface area (Å²) >= 11 is 0. The quantitative estimate of drug-likeness (QED) is 0.760. The number of piperidine rings is 1. The zero-order valence-corrected chi connectivity index (χ0v) is 15.8. The van der Waals surface area contributed by atoms with E-state index in [-0.39, 0.29) is 23.4 Å². The Bertz CT molecular complexity index is 779. The van der Waals surface area contributed by atoms with Gasteiger partial charge < -0.3 is 9.84 Å². The summed E-state index contributed by atoms with van der Waals surface area (Å²) in [5.41, 5.74) is -1.68. The molecule has 1 aromatic rings. The molecule has 0 saturated carbocycles. The summed E-state index contributed by atoms with van der Waals surface area (Å²) in [4.78, 5) is 27.7. The third-order valence-electron chi connectivity index (χ3n) is 3.91. The molecule has 1 aliphatic rings. The molecule has 6 nitrogen and oxygen atoms in total. The molecule has 1 unspecified atom stereocenters. The molecule has 1 heterocycles. The molecule has 1 N–H and O–H groups in total. The highest BCUT2D eigenvalue weighted by atomic mass is 19.4. The number of rotatable bonds is 5. The first-order valence-corrected chi connectivity index (χ1v) is 8.68. The van der Waals surface area contributed by atoms with Gasteiger partial charge in [-0.1, -0.05) is 6.07 Å². The van der Waals surface area contributed by atoms with Gasteiger partial charge in [-0.2, -0.15) is 13.2 Å². The fourth-order valence-corrected chi connectivity index (χ4v) is 2.84. The predicted octanol–water partition coefficient (Wildman–Crippen LogP) is 3.62. The Hall–Kier alpha value is -2.51. The van der Waals surface area contributed by atoms with E-state index >= 15 is 0 Å². The number of carbonyl (C=O) groups excluding carboxylic acids is 1. The third-order valence-corrected chi connectivity index (χ3v) is 3.91. The van der Waals surface area contributed by atoms with Crippen molar-refractivity contribution in [3.8, 4) is 5.75 Å². The van der Waals surface area contributed by atoms with E-state index in [4.69, 9.17) is 14.7 Å². The zero-order chi connectivity index (χ0) is 21.1. The summed E-state index contributed by atoms with van der Waals surface area (Å²) < 4.78 is 45.4. The predicted molar refractivity (Wildman–Crippen MR) is 93.2 cm³/mol. The molecular formula is C19H22F3NO5. The molecule has 0 amide bonds. The summed E-state index contributed by atoms with van der Waals surface area (Å²) in [6.45, 7) is 5.82. The van der Waals surface area contributed by atoms with Crippen LogP contribution < -0.4 is 4.74 Å². The molecule has 2 rings (SSSR count). The number of hydrogen-bond donors (Lipinski definition) is 1. The van der Waals surface area contributed by atoms with Gasteiger partial charge in [0.05, 0.1) is 17.6 Å². The number of carbonyl (C=O) groups is 1. The van der Waals surface area contributed by atoms with E-state index in [2.05, 4.69) is 0 Å². The minimum absolute atomic E-state index is 0.0399. The highest BCUT2D eigenvalue weighted by molar-refractivity contribution is 5.71. The Balaban J connectivity index is 2.16. The summed E-state index contributed by atoms with van der Waals surface area (Å²) in [6, 6.07) is 3.19. The molecule has 9 heteroatoms. The molecule has 0 radical (unpaired) electrons. The van der Waals surface area contributed by atoms with Crippen LogP contribution in [0, 0.1) is 0 Å². The van der Waals surface area contributed by atoms with Crippen LogP contribution in [0.4, 0.5) is 13.2 Å². The second kappa shape index (κ2) is 8.24. The maximum atomic E-state index is 13.3. The van der Waals surface area contributed by atoms with Gasteiger partial charge in [-0.05, 0) is 38.5 Å². The largest absolute Gasteiger partial charge is 0.490 e. The van der Waals surface area contributed by atoms with Gasteiger partial charge in [-0.15, -0.1) is 0 Å². The van der Waals surface area contributed by atoms with E-state index in [1.165, 1.54) is 11.1 Å². The second-order valence-electron chi connectivity index (χ2n) is 7.47. The Morgan fingerprint density at radius 3 is 2.54 bits per heavy atom. The number of aliphatic carboxylic acids is 1. The second-order valence-corrected chi connectivity index (χ2v) is 7.47. The van der Waals surface area contributed by atoms with Crippen molar-refractivity contribution < 1.29 is 37.4 Å². The Labute approximate surface area is 160 Å². The number of carboxylic acid groups (broad SMARTS) is 1. The summed E-state index contributed by atoms with van der Waals surface area (Å²) in [7, 11) is 0. The molecular weight excluding hydrogens is 379 g/mol. The fraction of sp³-hybridized carbons (Fsp3) is 0.526. The van der Waals surface area contributed by atoms with Crippen LogP contribution in [0.5, 0.6) is 5.75 Å². The maximum absolute atomic E-state index is 13.3. The molecule has 0 aliphatic carbocycles. The molecule has 0 spiro atoms. The monoisotopic (exact) mass is 401 g/mol. The minimum atomic E-state index is -4.71. The smallest absolute Gasteiger partial charge is 0.416 e. The molecule has 0 aromatic heterocycles. The van der Waals surface area contributed by atoms with Crippen LogP contribution in [-0.4, -0.2) is 40.3 Å². The Kier molecular flexibility index (Phi) is 6.41. The standard InChI is InChI=1S/C19H22F3NO5/c1-18(2,3)28-23-7-6-15(9-13(23)11-24)27-14-5-4-12(8-17(25)26)16(10-14)19(20,21)22/h4-5,10,15H,6-9H2,1-3H3,(H,25,26). The van der Waals surface area contributed by atoms with Crippen molar-refractivity contribution in [2.24, 2.45) is 0 Å². The van der Waals surface area contributed by atoms with E-state index in [0.29, 0.717) is 13.0 Å². The minimum Gasteiger partial charge on any atom is -0.490 e. The number of nitrogens with zero attached hydrogens (tertiary/aromatic N) is 1. The number of carboxylic acids is 1. The van der Waals surface area contributed by atoms with Crippen LogP contribution in [0.15, 0.2) is 23.9 Å². The lowest BCUT2D eigenvalue weighted by molar-refractivity contribution is -0.217. The summed E-state index contributed by atoms with van der Waals surface area (Å²) in [6.07, 6.45) is -5.41. The molecule has 1 aliphatic heterocycles. The van der Waals surface area contributed by atoms with Crippen molar-refractivity contribution in [2.45, 2.75) is 57.9 Å². The molecule has 1 saturated heterocycles. The van der Waals surface area contributed by atoms with E-state index in [1.54, 1.807) is 5.94 Å². The molecule has 0 bridgehead atoms. The van der Waals surface area contributed by atoms with Crippen LogP contribution in [0.2, 0.25) is 0 Å². The van der Waals surface area contributed by atoms with Crippen LogP contribution in [0.3, 0.4) is 0 Å². The van der Waals surface area contributed by atoms with Crippen LogP contribution >= 0.6 is 0 Å². The van der Waals surface area contributed by atoms with Gasteiger partial charge in [0.15, 0.2) is 0 Å². The van der Waals surface area contributed by atoms with Crippen molar-refractivity contribution in [2.75, 3.05) is 6.54 Å². The molecule has 1 aromatic carbocycles. The highest BCUT2D eigenvalue weighted by Gasteiger charge is 2.35. The number of hydroxylamine groups is 2. The lowest BCUT2D eigenvalue weighted by Crippen LogP contribution is -2.41. The van der Waals surface area contributed by atoms with Crippen molar-refractivity contribution in [1.82, 2.24) is 5.06 Å². The van der Waals surface area contributed by atoms with E-state index in [9.17, 15) is 22.8 Å². The van der Waals surface area contributed by atoms with Gasteiger partial charge in [-0.25, -0.2) is 9.86 Å². The first-order chi connectivity index (χ1) is 12.9. The topological polar surface area (TPSA) is 76.1 Å². The van der Waals surface area contributed by atoms with E-state index in [1.807, 2.05) is 20.8 Å². The van der Waals surface area contributed by atoms with Gasteiger partial charge in [0.2, 0.25) is 0 Å². The fourth-order valence-electron chi connectivity index (χ4n) is 2.84. The maximum Gasteiger partial charge on any atom is 0.416 e. The van der Waals surface area contributed by atoms with Gasteiger partial charge in [-0.3, -0.25) is 9.63 Å². The first-order valence-electron chi connectivity index (χ1n) is 8.68. The van der Waals surface area contributed by atoms with Crippen molar-refractivity contribution in [3.63, 3.8) is 0 Å². The first kappa shape index (κ1) is 21.8. The lowest BCUT2D eigenvalue weighted by atomic mass is 10.0. The van der Waals surface area contributed by atoms with Gasteiger partial charge in [0.25, 0.3) is 0 Å². The SMILES string of the molecule is CC(C)(C)ON1CCC(Oc2ccc(CC(=O)O)c(C(F)(F)F)c2)CC1=C=O. The number of ether oxygens (including phenoxy) is 1.